The third-order valence-electron chi connectivity index (χ3n) is 6.02. The van der Waals surface area contributed by atoms with E-state index in [2.05, 4.69) is 28.9 Å². The number of morpholine rings is 1. The van der Waals surface area contributed by atoms with E-state index in [1.807, 2.05) is 37.3 Å². The monoisotopic (exact) mass is 467 g/mol. The number of aromatic hydroxyl groups is 1. The lowest BCUT2D eigenvalue weighted by molar-refractivity contribution is -0.0699. The maximum absolute atomic E-state index is 10.8. The molecule has 2 atom stereocenters. The Bertz CT molecular complexity index is 1120. The first-order valence-electron chi connectivity index (χ1n) is 11.5. The molecular weight excluding hydrogens is 434 g/mol. The van der Waals surface area contributed by atoms with E-state index in [1.54, 1.807) is 20.3 Å². The molecule has 2 heterocycles. The van der Waals surface area contributed by atoms with E-state index < -0.39 is 0 Å². The van der Waals surface area contributed by atoms with Crippen LogP contribution in [0.5, 0.6) is 23.0 Å². The molecule has 1 aromatic heterocycles. The summed E-state index contributed by atoms with van der Waals surface area (Å²) >= 11 is 0. The number of phenols is 1. The Hall–Kier alpha value is -3.23. The molecule has 8 heteroatoms. The van der Waals surface area contributed by atoms with Crippen molar-refractivity contribution in [1.29, 1.82) is 0 Å². The van der Waals surface area contributed by atoms with Gasteiger partial charge in [-0.1, -0.05) is 6.07 Å². The number of benzene rings is 2. The molecule has 0 aliphatic carbocycles. The Morgan fingerprint density at radius 1 is 1.06 bits per heavy atom. The molecule has 8 nitrogen and oxygen atoms in total. The van der Waals surface area contributed by atoms with Crippen molar-refractivity contribution in [1.82, 2.24) is 15.1 Å². The fourth-order valence-corrected chi connectivity index (χ4v) is 4.53. The van der Waals surface area contributed by atoms with Gasteiger partial charge in [-0.15, -0.1) is 0 Å². The Kier molecular flexibility index (Phi) is 7.29. The molecule has 1 aliphatic rings. The third kappa shape index (κ3) is 5.13. The Morgan fingerprint density at radius 3 is 2.47 bits per heavy atom. The molecule has 2 aromatic carbocycles. The molecule has 0 saturated carbocycles. The van der Waals surface area contributed by atoms with Gasteiger partial charge in [0, 0.05) is 42.5 Å². The lowest BCUT2D eigenvalue weighted by atomic mass is 9.98. The van der Waals surface area contributed by atoms with Crippen molar-refractivity contribution in [3.05, 3.63) is 42.1 Å². The van der Waals surface area contributed by atoms with Crippen LogP contribution >= 0.6 is 0 Å². The number of hydrogen-bond donors (Lipinski definition) is 2. The van der Waals surface area contributed by atoms with Crippen LogP contribution in [0.15, 0.2) is 36.4 Å². The van der Waals surface area contributed by atoms with Crippen molar-refractivity contribution < 1.29 is 24.1 Å². The zero-order valence-corrected chi connectivity index (χ0v) is 20.4. The van der Waals surface area contributed by atoms with Gasteiger partial charge < -0.3 is 24.1 Å². The topological polar surface area (TPSA) is 89.1 Å². The number of phenolic OH excluding ortho intramolecular Hbond substituents is 1. The standard InChI is InChI=1S/C26H33N3O5/c1-16-14-29(15-17(2)34-16)10-11-33-20-7-8-21(22(30)13-20)26-25(18(3)27-28-26)19-6-9-23(31-4)24(12-19)32-5/h6-9,12-13,16-17,30H,10-11,14-15H2,1-5H3,(H,27,28)/t16-,17-/m0/s1. The van der Waals surface area contributed by atoms with Crippen molar-refractivity contribution in [2.24, 2.45) is 0 Å². The van der Waals surface area contributed by atoms with Gasteiger partial charge in [-0.2, -0.15) is 5.10 Å². The largest absolute Gasteiger partial charge is 0.507 e. The Labute approximate surface area is 200 Å². The van der Waals surface area contributed by atoms with Crippen molar-refractivity contribution >= 4 is 0 Å². The summed E-state index contributed by atoms with van der Waals surface area (Å²) in [5, 5.41) is 18.3. The van der Waals surface area contributed by atoms with Crippen LogP contribution in [0.1, 0.15) is 19.5 Å². The average molecular weight is 468 g/mol. The summed E-state index contributed by atoms with van der Waals surface area (Å²) in [7, 11) is 3.21. The lowest BCUT2D eigenvalue weighted by Crippen LogP contribution is -2.46. The molecule has 0 unspecified atom stereocenters. The summed E-state index contributed by atoms with van der Waals surface area (Å²) in [4.78, 5) is 2.34. The highest BCUT2D eigenvalue weighted by molar-refractivity contribution is 5.86. The van der Waals surface area contributed by atoms with E-state index in [4.69, 9.17) is 18.9 Å². The Balaban J connectivity index is 1.51. The number of H-pyrrole nitrogens is 1. The van der Waals surface area contributed by atoms with Crippen molar-refractivity contribution in [2.75, 3.05) is 40.5 Å². The number of aromatic nitrogens is 2. The van der Waals surface area contributed by atoms with Crippen LogP contribution < -0.4 is 14.2 Å². The van der Waals surface area contributed by atoms with Crippen molar-refractivity contribution in [3.63, 3.8) is 0 Å². The quantitative estimate of drug-likeness (QED) is 0.512. The second-order valence-electron chi connectivity index (χ2n) is 8.69. The number of nitrogens with one attached hydrogen (secondary N) is 1. The predicted molar refractivity (Wildman–Crippen MR) is 131 cm³/mol. The first kappa shape index (κ1) is 23.9. The van der Waals surface area contributed by atoms with Crippen LogP contribution in [0, 0.1) is 6.92 Å². The summed E-state index contributed by atoms with van der Waals surface area (Å²) < 4.78 is 22.5. The molecule has 1 fully saturated rings. The number of nitrogens with zero attached hydrogens (tertiary/aromatic N) is 2. The molecule has 2 N–H and O–H groups in total. The average Bonchev–Trinajstić information content (AvgIpc) is 3.19. The summed E-state index contributed by atoms with van der Waals surface area (Å²) in [6, 6.07) is 11.1. The van der Waals surface area contributed by atoms with E-state index in [0.29, 0.717) is 35.1 Å². The van der Waals surface area contributed by atoms with E-state index in [1.165, 1.54) is 0 Å². The van der Waals surface area contributed by atoms with E-state index in [9.17, 15) is 5.11 Å². The van der Waals surface area contributed by atoms with Gasteiger partial charge in [-0.05, 0) is 50.6 Å². The minimum Gasteiger partial charge on any atom is -0.507 e. The minimum absolute atomic E-state index is 0.111. The van der Waals surface area contributed by atoms with Gasteiger partial charge in [0.25, 0.3) is 0 Å². The predicted octanol–water partition coefficient (Wildman–Crippen LogP) is 4.26. The summed E-state index contributed by atoms with van der Waals surface area (Å²) in [5.74, 6) is 2.01. The summed E-state index contributed by atoms with van der Waals surface area (Å²) in [6.07, 6.45) is 0.452. The zero-order valence-electron chi connectivity index (χ0n) is 20.4. The third-order valence-corrected chi connectivity index (χ3v) is 6.02. The minimum atomic E-state index is 0.111. The molecule has 3 aromatic rings. The maximum atomic E-state index is 10.8. The highest BCUT2D eigenvalue weighted by Crippen LogP contribution is 2.41. The van der Waals surface area contributed by atoms with Crippen molar-refractivity contribution in [2.45, 2.75) is 33.0 Å². The van der Waals surface area contributed by atoms with E-state index >= 15 is 0 Å². The molecule has 0 amide bonds. The molecule has 34 heavy (non-hydrogen) atoms. The van der Waals surface area contributed by atoms with Crippen LogP contribution in [0.2, 0.25) is 0 Å². The number of hydrogen-bond acceptors (Lipinski definition) is 7. The molecule has 182 valence electrons. The molecule has 0 spiro atoms. The first-order chi connectivity index (χ1) is 16.4. The number of rotatable bonds is 8. The summed E-state index contributed by atoms with van der Waals surface area (Å²) in [6.45, 7) is 9.27. The molecule has 4 rings (SSSR count). The van der Waals surface area contributed by atoms with Gasteiger partial charge in [-0.25, -0.2) is 0 Å². The smallest absolute Gasteiger partial charge is 0.161 e. The zero-order chi connectivity index (χ0) is 24.2. The van der Waals surface area contributed by atoms with Gasteiger partial charge in [0.1, 0.15) is 23.8 Å². The summed E-state index contributed by atoms with van der Waals surface area (Å²) in [5.41, 5.74) is 3.96. The highest BCUT2D eigenvalue weighted by Gasteiger charge is 2.22. The number of aromatic amines is 1. The van der Waals surface area contributed by atoms with Crippen LogP contribution in [0.4, 0.5) is 0 Å². The van der Waals surface area contributed by atoms with E-state index in [-0.39, 0.29) is 18.0 Å². The van der Waals surface area contributed by atoms with Gasteiger partial charge in [0.2, 0.25) is 0 Å². The van der Waals surface area contributed by atoms with Crippen LogP contribution in [0.25, 0.3) is 22.4 Å². The molecule has 1 aliphatic heterocycles. The van der Waals surface area contributed by atoms with E-state index in [0.717, 1.165) is 36.5 Å². The molecule has 0 bridgehead atoms. The van der Waals surface area contributed by atoms with Crippen LogP contribution in [-0.4, -0.2) is 72.9 Å². The number of ether oxygens (including phenoxy) is 4. The first-order valence-corrected chi connectivity index (χ1v) is 11.5. The number of aryl methyl sites for hydroxylation is 1. The van der Waals surface area contributed by atoms with Crippen LogP contribution in [-0.2, 0) is 4.74 Å². The van der Waals surface area contributed by atoms with Crippen LogP contribution in [0.3, 0.4) is 0 Å². The normalized spacial score (nSPS) is 18.6. The fourth-order valence-electron chi connectivity index (χ4n) is 4.53. The second kappa shape index (κ2) is 10.4. The van der Waals surface area contributed by atoms with Gasteiger partial charge in [0.05, 0.1) is 26.4 Å². The SMILES string of the molecule is COc1ccc(-c2c(-c3ccc(OCCN4C[C@H](C)O[C@@H](C)C4)cc3O)n[nH]c2C)cc1OC. The maximum Gasteiger partial charge on any atom is 0.161 e. The molecular formula is C26H33N3O5. The van der Waals surface area contributed by atoms with Crippen molar-refractivity contribution in [3.8, 4) is 45.4 Å². The Morgan fingerprint density at radius 2 is 1.79 bits per heavy atom. The highest BCUT2D eigenvalue weighted by atomic mass is 16.5. The molecule has 0 radical (unpaired) electrons. The second-order valence-corrected chi connectivity index (χ2v) is 8.69. The molecule has 1 saturated heterocycles. The van der Waals surface area contributed by atoms with Gasteiger partial charge in [0.15, 0.2) is 11.5 Å². The number of methoxy groups -OCH3 is 2. The van der Waals surface area contributed by atoms with Gasteiger partial charge in [-0.3, -0.25) is 10.00 Å². The fraction of sp³-hybridized carbons (Fsp3) is 0.423. The van der Waals surface area contributed by atoms with Gasteiger partial charge >= 0.3 is 0 Å². The lowest BCUT2D eigenvalue weighted by Gasteiger charge is -2.35.